The number of phenols is 2. The van der Waals surface area contributed by atoms with Gasteiger partial charge in [-0.3, -0.25) is 4.98 Å². The second-order valence-corrected chi connectivity index (χ2v) is 8.97. The molecule has 6 nitrogen and oxygen atoms in total. The molecule has 1 aromatic heterocycles. The molecule has 5 rings (SSSR count). The molecule has 1 fully saturated rings. The van der Waals surface area contributed by atoms with E-state index in [1.807, 2.05) is 31.2 Å². The Morgan fingerprint density at radius 3 is 1.97 bits per heavy atom. The molecule has 0 aliphatic heterocycles. The van der Waals surface area contributed by atoms with Crippen molar-refractivity contribution in [3.05, 3.63) is 66.9 Å². The third-order valence-corrected chi connectivity index (χ3v) is 5.51. The van der Waals surface area contributed by atoms with Gasteiger partial charge in [-0.1, -0.05) is 56.9 Å². The fourth-order valence-corrected chi connectivity index (χ4v) is 3.28. The van der Waals surface area contributed by atoms with E-state index in [2.05, 4.69) is 30.2 Å². The smallest absolute Gasteiger partial charge is 0.128 e. The van der Waals surface area contributed by atoms with Gasteiger partial charge in [0.05, 0.1) is 29.0 Å². The lowest BCUT2D eigenvalue weighted by Crippen LogP contribution is -1.95. The number of thiol groups is 2. The van der Waals surface area contributed by atoms with Gasteiger partial charge in [0.15, 0.2) is 0 Å². The van der Waals surface area contributed by atoms with E-state index in [4.69, 9.17) is 22.3 Å². The zero-order chi connectivity index (χ0) is 25.8. The molecule has 1 aliphatic rings. The van der Waals surface area contributed by atoms with E-state index in [1.54, 1.807) is 24.3 Å². The van der Waals surface area contributed by atoms with Crippen LogP contribution in [-0.4, -0.2) is 20.9 Å². The first kappa shape index (κ1) is 28.0. The summed E-state index contributed by atoms with van der Waals surface area (Å²) in [5.41, 5.74) is 20.0. The normalized spacial score (nSPS) is 11.5. The average molecular weight is 511 g/mol. The van der Waals surface area contributed by atoms with Crippen molar-refractivity contribution in [3.63, 3.8) is 0 Å². The second-order valence-electron chi connectivity index (χ2n) is 7.85. The highest BCUT2D eigenvalue weighted by Gasteiger charge is 2.06. The van der Waals surface area contributed by atoms with Crippen molar-refractivity contribution >= 4 is 53.1 Å². The van der Waals surface area contributed by atoms with Gasteiger partial charge in [0, 0.05) is 21.9 Å². The average Bonchev–Trinajstić information content (AvgIpc) is 2.78. The van der Waals surface area contributed by atoms with Crippen molar-refractivity contribution in [2.24, 2.45) is 0 Å². The van der Waals surface area contributed by atoms with Crippen LogP contribution in [0.1, 0.15) is 32.6 Å². The summed E-state index contributed by atoms with van der Waals surface area (Å²) in [7, 11) is 0. The molecule has 1 heterocycles. The summed E-state index contributed by atoms with van der Waals surface area (Å²) >= 11 is 8.12. The van der Waals surface area contributed by atoms with Crippen LogP contribution < -0.4 is 17.2 Å². The molecule has 0 radical (unpaired) electrons. The number of aromatic nitrogens is 1. The first-order chi connectivity index (χ1) is 16.8. The summed E-state index contributed by atoms with van der Waals surface area (Å²) in [6.45, 7) is 1.99. The Kier molecular flexibility index (Phi) is 11.4. The fraction of sp³-hybridized carbons (Fsp3) is 0.222. The molecular formula is C27H34N4O2S2. The van der Waals surface area contributed by atoms with Crippen molar-refractivity contribution < 1.29 is 10.2 Å². The van der Waals surface area contributed by atoms with Crippen molar-refractivity contribution in [2.75, 3.05) is 23.0 Å². The van der Waals surface area contributed by atoms with Gasteiger partial charge in [-0.2, -0.15) is 12.6 Å². The number of hydrogen-bond acceptors (Lipinski definition) is 8. The topological polar surface area (TPSA) is 131 Å². The fourth-order valence-electron chi connectivity index (χ4n) is 2.95. The Bertz CT molecular complexity index is 1210. The van der Waals surface area contributed by atoms with Crippen molar-refractivity contribution in [1.82, 2.24) is 4.98 Å². The summed E-state index contributed by atoms with van der Waals surface area (Å²) in [6, 6.07) is 17.4. The minimum absolute atomic E-state index is 0.00716. The molecule has 35 heavy (non-hydrogen) atoms. The Balaban J connectivity index is 0.000000195. The number of fused-ring (bicyclic) bond motifs is 1. The molecule has 0 saturated heterocycles. The maximum atomic E-state index is 9.58. The van der Waals surface area contributed by atoms with Gasteiger partial charge in [0.2, 0.25) is 0 Å². The van der Waals surface area contributed by atoms with E-state index >= 15 is 0 Å². The molecule has 3 aromatic carbocycles. The summed E-state index contributed by atoms with van der Waals surface area (Å²) in [4.78, 5) is 4.94. The molecule has 0 atom stereocenters. The molecule has 1 aliphatic carbocycles. The van der Waals surface area contributed by atoms with Crippen molar-refractivity contribution in [1.29, 1.82) is 0 Å². The van der Waals surface area contributed by atoms with Gasteiger partial charge in [-0.05, 0) is 41.5 Å². The van der Waals surface area contributed by atoms with Gasteiger partial charge >= 0.3 is 0 Å². The molecule has 0 unspecified atom stereocenters. The molecule has 0 spiro atoms. The Labute approximate surface area is 218 Å². The first-order valence-electron chi connectivity index (χ1n) is 11.4. The second kappa shape index (κ2) is 14.2. The molecule has 4 aromatic rings. The molecule has 1 saturated carbocycles. The molecule has 186 valence electrons. The van der Waals surface area contributed by atoms with Crippen LogP contribution in [0, 0.1) is 0 Å². The minimum Gasteiger partial charge on any atom is -0.508 e. The largest absolute Gasteiger partial charge is 0.508 e. The van der Waals surface area contributed by atoms with Crippen LogP contribution in [0.5, 0.6) is 11.5 Å². The molecule has 0 bridgehead atoms. The number of nitrogen functional groups attached to an aromatic ring is 3. The van der Waals surface area contributed by atoms with Gasteiger partial charge in [-0.25, -0.2) is 0 Å². The number of hydrogen-bond donors (Lipinski definition) is 7. The van der Waals surface area contributed by atoms with Crippen LogP contribution >= 0.6 is 25.3 Å². The lowest BCUT2D eigenvalue weighted by molar-refractivity contribution is 0.452. The third kappa shape index (κ3) is 8.49. The number of phenolic OH excluding ortho intramolecular Hbond substituents is 2. The van der Waals surface area contributed by atoms with Gasteiger partial charge in [0.1, 0.15) is 11.5 Å². The molecular weight excluding hydrogens is 476 g/mol. The number of pyridine rings is 1. The van der Waals surface area contributed by atoms with Crippen LogP contribution in [0.15, 0.2) is 71.8 Å². The van der Waals surface area contributed by atoms with Crippen LogP contribution in [0.4, 0.5) is 17.1 Å². The maximum absolute atomic E-state index is 9.58. The number of rotatable bonds is 1. The third-order valence-electron chi connectivity index (χ3n) is 5.14. The van der Waals surface area contributed by atoms with E-state index in [0.717, 1.165) is 21.4 Å². The highest BCUT2D eigenvalue weighted by atomic mass is 32.1. The quantitative estimate of drug-likeness (QED) is 0.115. The predicted octanol–water partition coefficient (Wildman–Crippen LogP) is 6.53. The lowest BCUT2D eigenvalue weighted by atomic mass is 10.0. The zero-order valence-corrected chi connectivity index (χ0v) is 21.6. The van der Waals surface area contributed by atoms with Crippen molar-refractivity contribution in [2.45, 2.75) is 37.5 Å². The number of anilines is 3. The Hall–Kier alpha value is -3.23. The molecule has 0 amide bonds. The van der Waals surface area contributed by atoms with E-state index < -0.39 is 0 Å². The van der Waals surface area contributed by atoms with E-state index in [9.17, 15) is 5.11 Å². The van der Waals surface area contributed by atoms with Crippen LogP contribution in [0.2, 0.25) is 0 Å². The van der Waals surface area contributed by atoms with E-state index in [0.29, 0.717) is 28.3 Å². The minimum atomic E-state index is -0.00716. The predicted molar refractivity (Wildman–Crippen MR) is 155 cm³/mol. The number of nitrogens with two attached hydrogens (primary N) is 3. The van der Waals surface area contributed by atoms with Crippen LogP contribution in [-0.2, 0) is 0 Å². The Morgan fingerprint density at radius 2 is 1.46 bits per heavy atom. The van der Waals surface area contributed by atoms with E-state index in [-0.39, 0.29) is 11.5 Å². The van der Waals surface area contributed by atoms with Crippen LogP contribution in [0.3, 0.4) is 0 Å². The number of nitrogens with zero attached hydrogens (tertiary/aromatic N) is 1. The van der Waals surface area contributed by atoms with Gasteiger partial charge in [-0.15, -0.1) is 12.6 Å². The highest BCUT2D eigenvalue weighted by Crippen LogP contribution is 2.32. The molecule has 8 heteroatoms. The zero-order valence-electron chi connectivity index (χ0n) is 19.9. The standard InChI is InChI=1S/C11H10N2O2.C10H10N2S.C4H8.C2H6S/c12-7-1-4-10(13-6-7)9-3-2-8(14)5-11(9)15;11-8-5-9(13)6-3-1-2-4-7(6)10(8)12;1-2-4-3-1;1-2-3/h1-6,14-15H,12H2;1-5,13H,11-12H2;1-4H2;3H,2H2,1H3. The maximum Gasteiger partial charge on any atom is 0.128 e. The summed E-state index contributed by atoms with van der Waals surface area (Å²) in [5, 5.41) is 20.7. The monoisotopic (exact) mass is 510 g/mol. The van der Waals surface area contributed by atoms with Gasteiger partial charge < -0.3 is 27.4 Å². The van der Waals surface area contributed by atoms with Crippen LogP contribution in [0.25, 0.3) is 22.0 Å². The van der Waals surface area contributed by atoms with E-state index in [1.165, 1.54) is 44.0 Å². The molecule has 8 N–H and O–H groups in total. The summed E-state index contributed by atoms with van der Waals surface area (Å²) in [5.74, 6) is 0.957. The summed E-state index contributed by atoms with van der Waals surface area (Å²) in [6.07, 6.45) is 7.52. The highest BCUT2D eigenvalue weighted by molar-refractivity contribution is 7.80. The Morgan fingerprint density at radius 1 is 0.857 bits per heavy atom. The van der Waals surface area contributed by atoms with Crippen molar-refractivity contribution in [3.8, 4) is 22.8 Å². The number of aromatic hydroxyl groups is 2. The number of benzene rings is 3. The lowest BCUT2D eigenvalue weighted by Gasteiger charge is -2.07. The van der Waals surface area contributed by atoms with Gasteiger partial charge in [0.25, 0.3) is 0 Å². The summed E-state index contributed by atoms with van der Waals surface area (Å²) < 4.78 is 0. The first-order valence-corrected chi connectivity index (χ1v) is 12.5. The SMILES string of the molecule is C1CCC1.CCS.Nc1cc(S)c2ccccc2c1N.Nc1ccc(-c2ccc(O)cc2O)nc1.